The fraction of sp³-hybridized carbons (Fsp3) is 0.263. The summed E-state index contributed by atoms with van der Waals surface area (Å²) in [7, 11) is 0. The Hall–Kier alpha value is -3.07. The van der Waals surface area contributed by atoms with Crippen molar-refractivity contribution in [3.05, 3.63) is 59.9 Å². The minimum atomic E-state index is -0.283. The lowest BCUT2D eigenvalue weighted by molar-refractivity contribution is 0.250. The van der Waals surface area contributed by atoms with Crippen molar-refractivity contribution in [1.29, 1.82) is 5.26 Å². The van der Waals surface area contributed by atoms with E-state index in [1.165, 1.54) is 6.07 Å². The lowest BCUT2D eigenvalue weighted by Gasteiger charge is -2.19. The van der Waals surface area contributed by atoms with E-state index in [0.717, 1.165) is 19.5 Å². The van der Waals surface area contributed by atoms with Crippen molar-refractivity contribution >= 4 is 17.4 Å². The molecule has 2 aromatic carbocycles. The molecule has 3 rings (SSSR count). The van der Waals surface area contributed by atoms with Crippen LogP contribution in [0.5, 0.6) is 0 Å². The van der Waals surface area contributed by atoms with E-state index < -0.39 is 0 Å². The maximum atomic E-state index is 13.8. The van der Waals surface area contributed by atoms with Crippen LogP contribution in [-0.2, 0) is 0 Å². The normalized spacial score (nSPS) is 16.3. The van der Waals surface area contributed by atoms with Gasteiger partial charge in [-0.2, -0.15) is 5.26 Å². The first kappa shape index (κ1) is 16.8. The maximum Gasteiger partial charge on any atom is 0.319 e. The topological polar surface area (TPSA) is 68.2 Å². The molecule has 0 aromatic heterocycles. The summed E-state index contributed by atoms with van der Waals surface area (Å²) in [5.74, 6) is 0.0704. The molecular formula is C19H19FN4O. The third kappa shape index (κ3) is 4.27. The van der Waals surface area contributed by atoms with Crippen molar-refractivity contribution in [2.45, 2.75) is 6.42 Å². The van der Waals surface area contributed by atoms with E-state index in [0.29, 0.717) is 23.5 Å². The maximum absolute atomic E-state index is 13.8. The highest BCUT2D eigenvalue weighted by molar-refractivity contribution is 5.89. The van der Waals surface area contributed by atoms with E-state index in [1.807, 2.05) is 17.0 Å². The quantitative estimate of drug-likeness (QED) is 0.898. The number of urea groups is 1. The number of nitriles is 1. The highest BCUT2D eigenvalue weighted by Gasteiger charge is 2.24. The molecule has 6 heteroatoms. The van der Waals surface area contributed by atoms with Crippen molar-refractivity contribution in [2.24, 2.45) is 5.92 Å². The minimum absolute atomic E-state index is 0.213. The van der Waals surface area contributed by atoms with E-state index in [1.54, 1.807) is 36.4 Å². The largest absolute Gasteiger partial charge is 0.369 e. The first-order valence-corrected chi connectivity index (χ1v) is 8.20. The van der Waals surface area contributed by atoms with Gasteiger partial charge in [-0.25, -0.2) is 9.18 Å². The van der Waals surface area contributed by atoms with Crippen LogP contribution in [0.15, 0.2) is 48.5 Å². The van der Waals surface area contributed by atoms with Crippen LogP contribution in [-0.4, -0.2) is 25.7 Å². The molecule has 2 amide bonds. The predicted octanol–water partition coefficient (Wildman–Crippen LogP) is 3.35. The molecule has 0 radical (unpaired) electrons. The standard InChI is InChI=1S/C19H19FN4O/c20-17-3-1-2-4-18(17)24-10-9-15(13-24)12-22-19(25)23-16-7-5-14(11-21)6-8-16/h1-8,15H,9-10,12-13H2,(H2,22,23,25)/t15-/m1/s1. The number of nitrogens with zero attached hydrogens (tertiary/aromatic N) is 2. The molecule has 0 bridgehead atoms. The second-order valence-electron chi connectivity index (χ2n) is 6.08. The van der Waals surface area contributed by atoms with Crippen molar-refractivity contribution in [2.75, 3.05) is 29.9 Å². The van der Waals surface area contributed by atoms with E-state index in [9.17, 15) is 9.18 Å². The number of benzene rings is 2. The highest BCUT2D eigenvalue weighted by atomic mass is 19.1. The molecular weight excluding hydrogens is 319 g/mol. The monoisotopic (exact) mass is 338 g/mol. The lowest BCUT2D eigenvalue weighted by Crippen LogP contribution is -2.34. The molecule has 0 spiro atoms. The second kappa shape index (κ2) is 7.67. The summed E-state index contributed by atoms with van der Waals surface area (Å²) in [6.45, 7) is 2.04. The molecule has 1 aliphatic rings. The van der Waals surface area contributed by atoms with Gasteiger partial charge >= 0.3 is 6.03 Å². The van der Waals surface area contributed by atoms with Gasteiger partial charge in [0.1, 0.15) is 5.82 Å². The molecule has 0 saturated carbocycles. The molecule has 1 fully saturated rings. The number of rotatable bonds is 4. The molecule has 128 valence electrons. The van der Waals surface area contributed by atoms with Crippen LogP contribution in [0.25, 0.3) is 0 Å². The van der Waals surface area contributed by atoms with Crippen molar-refractivity contribution in [3.8, 4) is 6.07 Å². The Kier molecular flexibility index (Phi) is 5.14. The Morgan fingerprint density at radius 2 is 2.00 bits per heavy atom. The minimum Gasteiger partial charge on any atom is -0.369 e. The zero-order valence-electron chi connectivity index (χ0n) is 13.7. The molecule has 2 N–H and O–H groups in total. The number of nitrogens with one attached hydrogen (secondary N) is 2. The summed E-state index contributed by atoms with van der Waals surface area (Å²) >= 11 is 0. The summed E-state index contributed by atoms with van der Waals surface area (Å²) in [4.78, 5) is 14.0. The average Bonchev–Trinajstić information content (AvgIpc) is 3.10. The van der Waals surface area contributed by atoms with Crippen molar-refractivity contribution in [3.63, 3.8) is 0 Å². The van der Waals surface area contributed by atoms with E-state index in [4.69, 9.17) is 5.26 Å². The van der Waals surface area contributed by atoms with Crippen LogP contribution in [0, 0.1) is 23.1 Å². The summed E-state index contributed by atoms with van der Waals surface area (Å²) in [6.07, 6.45) is 0.908. The number of hydrogen-bond acceptors (Lipinski definition) is 3. The first-order chi connectivity index (χ1) is 12.2. The van der Waals surface area contributed by atoms with Gasteiger partial charge in [0.15, 0.2) is 0 Å². The van der Waals surface area contributed by atoms with Gasteiger partial charge in [0.05, 0.1) is 17.3 Å². The Bertz CT molecular complexity index is 785. The van der Waals surface area contributed by atoms with Crippen LogP contribution < -0.4 is 15.5 Å². The van der Waals surface area contributed by atoms with Crippen LogP contribution in [0.4, 0.5) is 20.6 Å². The average molecular weight is 338 g/mol. The van der Waals surface area contributed by atoms with Gasteiger partial charge < -0.3 is 15.5 Å². The van der Waals surface area contributed by atoms with Gasteiger partial charge in [-0.1, -0.05) is 12.1 Å². The fourth-order valence-corrected chi connectivity index (χ4v) is 2.97. The molecule has 25 heavy (non-hydrogen) atoms. The summed E-state index contributed by atoms with van der Waals surface area (Å²) in [5.41, 5.74) is 1.80. The SMILES string of the molecule is N#Cc1ccc(NC(=O)NC[C@H]2CCN(c3ccccc3F)C2)cc1. The van der Waals surface area contributed by atoms with Gasteiger partial charge in [0.2, 0.25) is 0 Å². The highest BCUT2D eigenvalue weighted by Crippen LogP contribution is 2.25. The van der Waals surface area contributed by atoms with Gasteiger partial charge in [-0.05, 0) is 48.7 Å². The number of carbonyl (C=O) groups is 1. The Morgan fingerprint density at radius 3 is 2.72 bits per heavy atom. The molecule has 1 saturated heterocycles. The molecule has 1 heterocycles. The van der Waals surface area contributed by atoms with Gasteiger partial charge in [-0.3, -0.25) is 0 Å². The van der Waals surface area contributed by atoms with E-state index in [-0.39, 0.29) is 17.8 Å². The van der Waals surface area contributed by atoms with Crippen LogP contribution >= 0.6 is 0 Å². The number of halogens is 1. The van der Waals surface area contributed by atoms with Gasteiger partial charge in [-0.15, -0.1) is 0 Å². The molecule has 1 atom stereocenters. The van der Waals surface area contributed by atoms with E-state index in [2.05, 4.69) is 10.6 Å². The van der Waals surface area contributed by atoms with Crippen LogP contribution in [0.2, 0.25) is 0 Å². The molecule has 2 aromatic rings. The zero-order valence-corrected chi connectivity index (χ0v) is 13.7. The van der Waals surface area contributed by atoms with Crippen molar-refractivity contribution < 1.29 is 9.18 Å². The fourth-order valence-electron chi connectivity index (χ4n) is 2.97. The number of anilines is 2. The Balaban J connectivity index is 1.47. The Morgan fingerprint density at radius 1 is 1.24 bits per heavy atom. The van der Waals surface area contributed by atoms with Crippen LogP contribution in [0.3, 0.4) is 0 Å². The second-order valence-corrected chi connectivity index (χ2v) is 6.08. The number of hydrogen-bond donors (Lipinski definition) is 2. The van der Waals surface area contributed by atoms with E-state index >= 15 is 0 Å². The number of carbonyl (C=O) groups excluding carboxylic acids is 1. The summed E-state index contributed by atoms with van der Waals surface area (Å²) in [6, 6.07) is 15.2. The molecule has 0 aliphatic carbocycles. The summed E-state index contributed by atoms with van der Waals surface area (Å²) in [5, 5.41) is 14.3. The number of amides is 2. The summed E-state index contributed by atoms with van der Waals surface area (Å²) < 4.78 is 13.8. The smallest absolute Gasteiger partial charge is 0.319 e. The first-order valence-electron chi connectivity index (χ1n) is 8.20. The van der Waals surface area contributed by atoms with Crippen molar-refractivity contribution in [1.82, 2.24) is 5.32 Å². The third-order valence-electron chi connectivity index (χ3n) is 4.30. The molecule has 5 nitrogen and oxygen atoms in total. The zero-order chi connectivity index (χ0) is 17.6. The third-order valence-corrected chi connectivity index (χ3v) is 4.30. The molecule has 1 aliphatic heterocycles. The Labute approximate surface area is 146 Å². The van der Waals surface area contributed by atoms with Crippen LogP contribution in [0.1, 0.15) is 12.0 Å². The van der Waals surface area contributed by atoms with Gasteiger partial charge in [0.25, 0.3) is 0 Å². The predicted molar refractivity (Wildman–Crippen MR) is 94.9 cm³/mol. The number of para-hydroxylation sites is 1. The molecule has 0 unspecified atom stereocenters. The van der Waals surface area contributed by atoms with Gasteiger partial charge in [0, 0.05) is 25.3 Å². The lowest BCUT2D eigenvalue weighted by atomic mass is 10.1.